The van der Waals surface area contributed by atoms with Crippen LogP contribution in [-0.4, -0.2) is 37.0 Å². The molecule has 3 aromatic carbocycles. The number of hydrogen-bond acceptors (Lipinski definition) is 5. The molecule has 1 spiro atoms. The van der Waals surface area contributed by atoms with Gasteiger partial charge < -0.3 is 19.0 Å². The Morgan fingerprint density at radius 2 is 1.74 bits per heavy atom. The number of rotatable bonds is 6. The van der Waals surface area contributed by atoms with E-state index in [1.807, 2.05) is 0 Å². The van der Waals surface area contributed by atoms with Gasteiger partial charge in [0.25, 0.3) is 11.8 Å². The van der Waals surface area contributed by atoms with Crippen LogP contribution in [0.3, 0.4) is 0 Å². The Morgan fingerprint density at radius 3 is 2.53 bits per heavy atom. The molecule has 0 saturated heterocycles. The van der Waals surface area contributed by atoms with Crippen LogP contribution in [0.15, 0.2) is 75.9 Å². The molecule has 4 aromatic rings. The first kappa shape index (κ1) is 24.0. The summed E-state index contributed by atoms with van der Waals surface area (Å²) in [6, 6.07) is 16.4. The van der Waals surface area contributed by atoms with Crippen LogP contribution in [-0.2, 0) is 21.6 Å². The molecule has 2 amide bonds. The van der Waals surface area contributed by atoms with Crippen molar-refractivity contribution in [2.24, 2.45) is 0 Å². The van der Waals surface area contributed by atoms with Gasteiger partial charge in [-0.3, -0.25) is 14.4 Å². The van der Waals surface area contributed by atoms with Crippen molar-refractivity contribution in [3.63, 3.8) is 0 Å². The lowest BCUT2D eigenvalue weighted by molar-refractivity contribution is -0.126. The first-order valence-corrected chi connectivity index (χ1v) is 12.1. The topological polar surface area (TPSA) is 80.1 Å². The highest BCUT2D eigenvalue weighted by Gasteiger charge is 2.64. The molecule has 0 bridgehead atoms. The zero-order chi connectivity index (χ0) is 26.6. The minimum atomic E-state index is -1.86. The molecule has 2 aliphatic rings. The average molecular weight is 517 g/mol. The van der Waals surface area contributed by atoms with E-state index in [-0.39, 0.29) is 40.9 Å². The van der Waals surface area contributed by atoms with Crippen molar-refractivity contribution in [2.75, 3.05) is 25.2 Å². The molecule has 0 radical (unpaired) electrons. The number of methoxy groups -OCH3 is 1. The molecule has 0 fully saturated rings. The number of nitrogens with zero attached hydrogens (tertiary/aromatic N) is 2. The zero-order valence-corrected chi connectivity index (χ0v) is 20.4. The Kier molecular flexibility index (Phi) is 5.61. The van der Waals surface area contributed by atoms with Gasteiger partial charge in [0.2, 0.25) is 5.76 Å². The summed E-state index contributed by atoms with van der Waals surface area (Å²) in [4.78, 5) is 45.1. The average Bonchev–Trinajstić information content (AvgIpc) is 3.31. The number of fused-ring (bicyclic) bond motifs is 5. The van der Waals surface area contributed by atoms with Crippen LogP contribution in [0.5, 0.6) is 0 Å². The van der Waals surface area contributed by atoms with E-state index in [4.69, 9.17) is 9.15 Å². The number of para-hydroxylation sites is 1. The van der Waals surface area contributed by atoms with Crippen molar-refractivity contribution in [1.82, 2.24) is 4.90 Å². The van der Waals surface area contributed by atoms with Gasteiger partial charge in [-0.1, -0.05) is 36.4 Å². The predicted molar refractivity (Wildman–Crippen MR) is 135 cm³/mol. The maximum atomic E-state index is 14.7. The van der Waals surface area contributed by atoms with E-state index in [1.54, 1.807) is 42.5 Å². The SMILES string of the molecule is COCCCN1C(=O)c2oc3ccc(F)cc3c(=O)c2C12C(=O)N(Cc1ccccc1F)c1ccccc12. The quantitative estimate of drug-likeness (QED) is 0.356. The first-order valence-electron chi connectivity index (χ1n) is 12.1. The monoisotopic (exact) mass is 516 g/mol. The van der Waals surface area contributed by atoms with E-state index in [0.29, 0.717) is 24.3 Å². The standard InChI is InChI=1S/C29H22F2N2O5/c1-37-14-6-13-33-27(35)26-24(25(34)19-15-18(30)11-12-23(19)38-26)29(33)20-8-3-5-10-22(20)32(28(29)36)16-17-7-2-4-9-21(17)31/h2-5,7-12,15H,6,13-14,16H2,1H3. The van der Waals surface area contributed by atoms with Gasteiger partial charge in [-0.2, -0.15) is 0 Å². The molecule has 7 nitrogen and oxygen atoms in total. The van der Waals surface area contributed by atoms with Crippen molar-refractivity contribution in [1.29, 1.82) is 0 Å². The van der Waals surface area contributed by atoms with Crippen molar-refractivity contribution in [2.45, 2.75) is 18.5 Å². The first-order chi connectivity index (χ1) is 18.4. The third-order valence-electron chi connectivity index (χ3n) is 7.21. The highest BCUT2D eigenvalue weighted by molar-refractivity contribution is 6.17. The van der Waals surface area contributed by atoms with Gasteiger partial charge in [-0.15, -0.1) is 0 Å². The van der Waals surface area contributed by atoms with E-state index in [9.17, 15) is 23.2 Å². The van der Waals surface area contributed by atoms with Crippen LogP contribution in [0.25, 0.3) is 11.0 Å². The molecule has 38 heavy (non-hydrogen) atoms. The molecule has 1 unspecified atom stereocenters. The smallest absolute Gasteiger partial charge is 0.291 e. The normalized spacial score (nSPS) is 18.1. The molecule has 0 saturated carbocycles. The van der Waals surface area contributed by atoms with E-state index < -0.39 is 34.4 Å². The van der Waals surface area contributed by atoms with Crippen LogP contribution in [0.1, 0.15) is 33.7 Å². The minimum Gasteiger partial charge on any atom is -0.450 e. The second kappa shape index (κ2) is 8.88. The van der Waals surface area contributed by atoms with Crippen LogP contribution in [0.2, 0.25) is 0 Å². The molecular weight excluding hydrogens is 494 g/mol. The molecular formula is C29H22F2N2O5. The fourth-order valence-corrected chi connectivity index (χ4v) is 5.58. The summed E-state index contributed by atoms with van der Waals surface area (Å²) in [5.74, 6) is -2.62. The van der Waals surface area contributed by atoms with E-state index in [0.717, 1.165) is 12.1 Å². The molecule has 0 aliphatic carbocycles. The number of carbonyl (C=O) groups is 2. The van der Waals surface area contributed by atoms with Gasteiger partial charge in [0, 0.05) is 31.4 Å². The summed E-state index contributed by atoms with van der Waals surface area (Å²) >= 11 is 0. The van der Waals surface area contributed by atoms with Crippen LogP contribution >= 0.6 is 0 Å². The van der Waals surface area contributed by atoms with E-state index in [2.05, 4.69) is 0 Å². The van der Waals surface area contributed by atoms with Crippen molar-refractivity contribution in [3.8, 4) is 0 Å². The Hall–Kier alpha value is -4.37. The lowest BCUT2D eigenvalue weighted by atomic mass is 9.84. The zero-order valence-electron chi connectivity index (χ0n) is 20.4. The molecule has 6 rings (SSSR count). The van der Waals surface area contributed by atoms with Gasteiger partial charge in [0.15, 0.2) is 11.0 Å². The fourth-order valence-electron chi connectivity index (χ4n) is 5.58. The minimum absolute atomic E-state index is 0.0411. The van der Waals surface area contributed by atoms with Crippen molar-refractivity contribution in [3.05, 3.63) is 111 Å². The number of amides is 2. The Labute approximate surface area is 215 Å². The number of ether oxygens (including phenoxy) is 1. The molecule has 1 aromatic heterocycles. The third kappa shape index (κ3) is 3.24. The molecule has 192 valence electrons. The largest absolute Gasteiger partial charge is 0.450 e. The van der Waals surface area contributed by atoms with Gasteiger partial charge in [0.1, 0.15) is 17.2 Å². The highest BCUT2D eigenvalue weighted by atomic mass is 19.1. The van der Waals surface area contributed by atoms with Gasteiger partial charge in [-0.25, -0.2) is 8.78 Å². The summed E-state index contributed by atoms with van der Waals surface area (Å²) in [5.41, 5.74) is -1.53. The maximum absolute atomic E-state index is 14.7. The van der Waals surface area contributed by atoms with Crippen molar-refractivity contribution >= 4 is 28.5 Å². The molecule has 0 N–H and O–H groups in total. The molecule has 3 heterocycles. The Bertz CT molecular complexity index is 1680. The second-order valence-corrected chi connectivity index (χ2v) is 9.29. The Balaban J connectivity index is 1.63. The molecule has 1 atom stereocenters. The van der Waals surface area contributed by atoms with Crippen LogP contribution in [0.4, 0.5) is 14.5 Å². The number of hydrogen-bond donors (Lipinski definition) is 0. The van der Waals surface area contributed by atoms with E-state index >= 15 is 0 Å². The summed E-state index contributed by atoms with van der Waals surface area (Å²) in [6.07, 6.45) is 0.378. The summed E-state index contributed by atoms with van der Waals surface area (Å²) in [5, 5.41) is -0.0764. The number of benzene rings is 3. The molecule has 2 aliphatic heterocycles. The van der Waals surface area contributed by atoms with E-state index in [1.165, 1.54) is 29.0 Å². The summed E-state index contributed by atoms with van der Waals surface area (Å²) in [7, 11) is 1.52. The van der Waals surface area contributed by atoms with Gasteiger partial charge in [-0.05, 0) is 36.8 Å². The van der Waals surface area contributed by atoms with Crippen molar-refractivity contribution < 1.29 is 27.5 Å². The lowest BCUT2D eigenvalue weighted by Crippen LogP contribution is -2.53. The predicted octanol–water partition coefficient (Wildman–Crippen LogP) is 4.35. The Morgan fingerprint density at radius 1 is 0.974 bits per heavy atom. The highest BCUT2D eigenvalue weighted by Crippen LogP contribution is 2.53. The van der Waals surface area contributed by atoms with Crippen LogP contribution < -0.4 is 10.3 Å². The van der Waals surface area contributed by atoms with Gasteiger partial charge >= 0.3 is 0 Å². The van der Waals surface area contributed by atoms with Crippen LogP contribution in [0, 0.1) is 11.6 Å². The lowest BCUT2D eigenvalue weighted by Gasteiger charge is -2.34. The summed E-state index contributed by atoms with van der Waals surface area (Å²) in [6.45, 7) is 0.265. The summed E-state index contributed by atoms with van der Waals surface area (Å²) < 4.78 is 39.9. The second-order valence-electron chi connectivity index (χ2n) is 9.29. The molecule has 9 heteroatoms. The number of anilines is 1. The van der Waals surface area contributed by atoms with Gasteiger partial charge in [0.05, 0.1) is 23.2 Å². The fraction of sp³-hybridized carbons (Fsp3) is 0.207. The number of halogens is 2. The number of carbonyl (C=O) groups excluding carboxylic acids is 2. The maximum Gasteiger partial charge on any atom is 0.291 e. The third-order valence-corrected chi connectivity index (χ3v) is 7.21.